The van der Waals surface area contributed by atoms with Gasteiger partial charge in [-0.1, -0.05) is 24.3 Å². The molecule has 1 saturated carbocycles. The number of rotatable bonds is 7. The first-order valence-electron chi connectivity index (χ1n) is 11.1. The van der Waals surface area contributed by atoms with Gasteiger partial charge in [-0.2, -0.15) is 10.1 Å². The maximum absolute atomic E-state index is 12.9. The molecule has 34 heavy (non-hydrogen) atoms. The maximum Gasteiger partial charge on any atom is 0.269 e. The van der Waals surface area contributed by atoms with E-state index in [9.17, 15) is 19.7 Å². The number of hydrazone groups is 1. The number of nitro groups is 1. The lowest BCUT2D eigenvalue weighted by molar-refractivity contribution is -0.384. The standard InChI is InChI=1S/C25H24N4O5/c1-27(2)19-9-8-18(21(12-19)34-14-15-4-3-5-20(10-15)29(32)33)13-26-28-24(30)22-16-6-7-17(11-16)23(22)25(28)31/h3-10,12-13,16-17,22-23H,11,14H2,1-2H3/t16-,17-,22-,23+/m0/s1. The van der Waals surface area contributed by atoms with Gasteiger partial charge in [-0.3, -0.25) is 19.7 Å². The summed E-state index contributed by atoms with van der Waals surface area (Å²) < 4.78 is 6.00. The average molecular weight is 460 g/mol. The van der Waals surface area contributed by atoms with Crippen LogP contribution in [-0.4, -0.2) is 42.1 Å². The summed E-state index contributed by atoms with van der Waals surface area (Å²) >= 11 is 0. The highest BCUT2D eigenvalue weighted by Crippen LogP contribution is 2.52. The van der Waals surface area contributed by atoms with Crippen molar-refractivity contribution in [2.24, 2.45) is 28.8 Å². The lowest BCUT2D eigenvalue weighted by Crippen LogP contribution is -2.28. The van der Waals surface area contributed by atoms with Crippen LogP contribution in [0.5, 0.6) is 5.75 Å². The summed E-state index contributed by atoms with van der Waals surface area (Å²) in [4.78, 5) is 38.3. The van der Waals surface area contributed by atoms with Gasteiger partial charge >= 0.3 is 0 Å². The summed E-state index contributed by atoms with van der Waals surface area (Å²) in [6.45, 7) is 0.111. The lowest BCUT2D eigenvalue weighted by atomic mass is 9.85. The Morgan fingerprint density at radius 2 is 1.82 bits per heavy atom. The van der Waals surface area contributed by atoms with E-state index >= 15 is 0 Å². The summed E-state index contributed by atoms with van der Waals surface area (Å²) in [5.41, 5.74) is 2.12. The summed E-state index contributed by atoms with van der Waals surface area (Å²) in [7, 11) is 3.80. The third kappa shape index (κ3) is 3.72. The summed E-state index contributed by atoms with van der Waals surface area (Å²) in [5, 5.41) is 16.3. The van der Waals surface area contributed by atoms with Gasteiger partial charge in [-0.05, 0) is 36.0 Å². The molecule has 9 nitrogen and oxygen atoms in total. The van der Waals surface area contributed by atoms with Crippen LogP contribution in [0.25, 0.3) is 0 Å². The van der Waals surface area contributed by atoms with Gasteiger partial charge in [0.25, 0.3) is 17.5 Å². The molecule has 2 aromatic rings. The molecule has 9 heteroatoms. The SMILES string of the molecule is CN(C)c1ccc(C=NN2C(=O)[C@@H]3[C@H](C2=O)[C@H]2C=C[C@H]3C2)c(OCc2cccc([N+](=O)[O-])c2)c1. The molecule has 2 aromatic carbocycles. The van der Waals surface area contributed by atoms with Gasteiger partial charge in [-0.25, -0.2) is 0 Å². The number of ether oxygens (including phenoxy) is 1. The van der Waals surface area contributed by atoms with Gasteiger partial charge in [0.2, 0.25) is 0 Å². The fourth-order valence-electron chi connectivity index (χ4n) is 5.07. The molecule has 2 amide bonds. The molecule has 0 spiro atoms. The van der Waals surface area contributed by atoms with Gasteiger partial charge in [0.05, 0.1) is 23.0 Å². The summed E-state index contributed by atoms with van der Waals surface area (Å²) in [5.74, 6) is -0.359. The predicted molar refractivity (Wildman–Crippen MR) is 125 cm³/mol. The Morgan fingerprint density at radius 1 is 1.12 bits per heavy atom. The monoisotopic (exact) mass is 460 g/mol. The number of benzene rings is 2. The van der Waals surface area contributed by atoms with Gasteiger partial charge in [0.1, 0.15) is 12.4 Å². The zero-order valence-corrected chi connectivity index (χ0v) is 18.8. The van der Waals surface area contributed by atoms with Crippen molar-refractivity contribution in [3.8, 4) is 5.75 Å². The minimum Gasteiger partial charge on any atom is -0.488 e. The van der Waals surface area contributed by atoms with Crippen LogP contribution in [0, 0.1) is 33.8 Å². The van der Waals surface area contributed by atoms with E-state index in [1.165, 1.54) is 18.3 Å². The second-order valence-electron chi connectivity index (χ2n) is 9.06. The lowest BCUT2D eigenvalue weighted by Gasteiger charge is -2.16. The number of anilines is 1. The quantitative estimate of drug-likeness (QED) is 0.206. The minimum absolute atomic E-state index is 0.00927. The van der Waals surface area contributed by atoms with E-state index in [0.717, 1.165) is 17.1 Å². The second kappa shape index (κ2) is 8.40. The molecule has 2 fully saturated rings. The predicted octanol–water partition coefficient (Wildman–Crippen LogP) is 3.38. The number of nitro benzene ring substituents is 1. The van der Waals surface area contributed by atoms with E-state index < -0.39 is 4.92 Å². The first-order chi connectivity index (χ1) is 16.3. The second-order valence-corrected chi connectivity index (χ2v) is 9.06. The van der Waals surface area contributed by atoms with Crippen LogP contribution in [0.4, 0.5) is 11.4 Å². The van der Waals surface area contributed by atoms with Crippen molar-refractivity contribution in [2.45, 2.75) is 13.0 Å². The van der Waals surface area contributed by atoms with Crippen LogP contribution >= 0.6 is 0 Å². The van der Waals surface area contributed by atoms with Crippen molar-refractivity contribution in [1.29, 1.82) is 0 Å². The fraction of sp³-hybridized carbons (Fsp3) is 0.320. The number of non-ortho nitro benzene ring substituents is 1. The molecule has 0 N–H and O–H groups in total. The zero-order valence-electron chi connectivity index (χ0n) is 18.8. The molecule has 5 rings (SSSR count). The van der Waals surface area contributed by atoms with Crippen molar-refractivity contribution in [3.63, 3.8) is 0 Å². The normalized spacial score (nSPS) is 24.8. The number of carbonyl (C=O) groups is 2. The van der Waals surface area contributed by atoms with Crippen molar-refractivity contribution in [2.75, 3.05) is 19.0 Å². The van der Waals surface area contributed by atoms with Crippen molar-refractivity contribution in [3.05, 3.63) is 75.9 Å². The largest absolute Gasteiger partial charge is 0.488 e. The highest BCUT2D eigenvalue weighted by molar-refractivity contribution is 6.07. The highest BCUT2D eigenvalue weighted by atomic mass is 16.6. The van der Waals surface area contributed by atoms with Gasteiger partial charge in [-0.15, -0.1) is 0 Å². The summed E-state index contributed by atoms with van der Waals surface area (Å²) in [6, 6.07) is 11.8. The van der Waals surface area contributed by atoms with E-state index in [2.05, 4.69) is 5.10 Å². The number of hydrogen-bond acceptors (Lipinski definition) is 7. The Balaban J connectivity index is 1.38. The number of hydrogen-bond donors (Lipinski definition) is 0. The van der Waals surface area contributed by atoms with Crippen LogP contribution < -0.4 is 9.64 Å². The molecule has 4 atom stereocenters. The van der Waals surface area contributed by atoms with Crippen molar-refractivity contribution < 1.29 is 19.2 Å². The molecule has 1 heterocycles. The first kappa shape index (κ1) is 21.8. The Morgan fingerprint density at radius 3 is 2.47 bits per heavy atom. The molecular formula is C25H24N4O5. The molecule has 0 radical (unpaired) electrons. The molecular weight excluding hydrogens is 436 g/mol. The van der Waals surface area contributed by atoms with Crippen LogP contribution in [0.15, 0.2) is 59.7 Å². The Bertz CT molecular complexity index is 1210. The molecule has 3 aliphatic rings. The number of carbonyl (C=O) groups excluding carboxylic acids is 2. The van der Waals surface area contributed by atoms with E-state index in [-0.39, 0.29) is 47.8 Å². The Labute approximate surface area is 196 Å². The van der Waals surface area contributed by atoms with E-state index in [4.69, 9.17) is 4.74 Å². The Kier molecular flexibility index (Phi) is 5.39. The van der Waals surface area contributed by atoms with Crippen molar-refractivity contribution in [1.82, 2.24) is 5.01 Å². The number of imide groups is 1. The maximum atomic E-state index is 12.9. The molecule has 2 bridgehead atoms. The third-order valence-corrected chi connectivity index (χ3v) is 6.79. The van der Waals surface area contributed by atoms with E-state index in [1.54, 1.807) is 18.2 Å². The van der Waals surface area contributed by atoms with Crippen molar-refractivity contribution >= 4 is 29.4 Å². The van der Waals surface area contributed by atoms with Crippen LogP contribution in [0.3, 0.4) is 0 Å². The molecule has 0 aromatic heterocycles. The zero-order chi connectivity index (χ0) is 24.0. The molecule has 174 valence electrons. The molecule has 1 saturated heterocycles. The highest BCUT2D eigenvalue weighted by Gasteiger charge is 2.59. The average Bonchev–Trinajstić information content (AvgIpc) is 3.51. The minimum atomic E-state index is -0.449. The first-order valence-corrected chi connectivity index (χ1v) is 11.1. The van der Waals surface area contributed by atoms with Gasteiger partial charge < -0.3 is 9.64 Å². The number of allylic oxidation sites excluding steroid dienone is 2. The van der Waals surface area contributed by atoms with E-state index in [1.807, 2.05) is 43.3 Å². The molecule has 1 aliphatic heterocycles. The van der Waals surface area contributed by atoms with Gasteiger partial charge in [0.15, 0.2) is 0 Å². The smallest absolute Gasteiger partial charge is 0.269 e. The van der Waals surface area contributed by atoms with E-state index in [0.29, 0.717) is 16.9 Å². The molecule has 0 unspecified atom stereocenters. The fourth-order valence-corrected chi connectivity index (χ4v) is 5.07. The number of fused-ring (bicyclic) bond motifs is 5. The molecule has 2 aliphatic carbocycles. The third-order valence-electron chi connectivity index (χ3n) is 6.79. The van der Waals surface area contributed by atoms with Crippen LogP contribution in [-0.2, 0) is 16.2 Å². The Hall–Kier alpha value is -4.01. The topological polar surface area (TPSA) is 105 Å². The number of amides is 2. The van der Waals surface area contributed by atoms with Gasteiger partial charge in [0, 0.05) is 43.5 Å². The number of nitrogens with zero attached hydrogens (tertiary/aromatic N) is 4. The summed E-state index contributed by atoms with van der Waals surface area (Å²) in [6.07, 6.45) is 6.43. The van der Waals surface area contributed by atoms with Crippen LogP contribution in [0.2, 0.25) is 0 Å². The van der Waals surface area contributed by atoms with Crippen LogP contribution in [0.1, 0.15) is 17.5 Å².